The van der Waals surface area contributed by atoms with Crippen molar-refractivity contribution < 1.29 is 9.53 Å². The minimum absolute atomic E-state index is 0.0494. The normalized spacial score (nSPS) is 20.6. The second-order valence-electron chi connectivity index (χ2n) is 5.61. The van der Waals surface area contributed by atoms with Crippen LogP contribution >= 0.6 is 23.2 Å². The van der Waals surface area contributed by atoms with Crippen molar-refractivity contribution >= 4 is 34.8 Å². The average Bonchev–Trinajstić information content (AvgIpc) is 2.92. The number of nitrogens with one attached hydrogen (secondary N) is 1. The van der Waals surface area contributed by atoms with E-state index in [1.807, 2.05) is 35.2 Å². The highest BCUT2D eigenvalue weighted by Crippen LogP contribution is 2.45. The van der Waals surface area contributed by atoms with Crippen LogP contribution in [0.1, 0.15) is 11.8 Å². The molecule has 0 bridgehead atoms. The molecule has 1 fully saturated rings. The van der Waals surface area contributed by atoms with Crippen molar-refractivity contribution in [2.24, 2.45) is 0 Å². The summed E-state index contributed by atoms with van der Waals surface area (Å²) in [6.07, 6.45) is -0.297. The summed E-state index contributed by atoms with van der Waals surface area (Å²) >= 11 is 12.9. The van der Waals surface area contributed by atoms with E-state index in [1.165, 1.54) is 0 Å². The summed E-state index contributed by atoms with van der Waals surface area (Å²) in [5.74, 6) is -0.0494. The second-order valence-corrected chi connectivity index (χ2v) is 6.42. The lowest BCUT2D eigenvalue weighted by Crippen LogP contribution is -2.30. The third kappa shape index (κ3) is 2.52. The van der Waals surface area contributed by atoms with Crippen LogP contribution in [0.25, 0.3) is 11.1 Å². The highest BCUT2D eigenvalue weighted by Gasteiger charge is 2.36. The van der Waals surface area contributed by atoms with Crippen molar-refractivity contribution in [2.45, 2.75) is 6.23 Å². The number of carbonyl (C=O) groups is 1. The summed E-state index contributed by atoms with van der Waals surface area (Å²) in [5.41, 5.74) is 3.24. The number of anilines is 1. The molecular weight excluding hydrogens is 335 g/mol. The van der Waals surface area contributed by atoms with E-state index in [0.717, 1.165) is 22.4 Å². The molecule has 4 nitrogen and oxygen atoms in total. The number of carbonyl (C=O) groups excluding carboxylic acids is 1. The van der Waals surface area contributed by atoms with Crippen molar-refractivity contribution in [2.75, 3.05) is 25.0 Å². The quantitative estimate of drug-likeness (QED) is 0.848. The SMILES string of the molecule is O=C1CN2CCOC2c2c(ccc(Cl)c2-c2ccccc2Cl)N1. The number of benzene rings is 2. The van der Waals surface area contributed by atoms with Gasteiger partial charge in [-0.05, 0) is 18.2 Å². The van der Waals surface area contributed by atoms with Crippen molar-refractivity contribution in [3.63, 3.8) is 0 Å². The van der Waals surface area contributed by atoms with E-state index in [9.17, 15) is 4.79 Å². The van der Waals surface area contributed by atoms with Crippen molar-refractivity contribution in [3.8, 4) is 11.1 Å². The first-order valence-electron chi connectivity index (χ1n) is 7.38. The van der Waals surface area contributed by atoms with Gasteiger partial charge in [-0.1, -0.05) is 41.4 Å². The van der Waals surface area contributed by atoms with E-state index in [2.05, 4.69) is 5.32 Å². The number of hydrogen-bond donors (Lipinski definition) is 1. The van der Waals surface area contributed by atoms with E-state index >= 15 is 0 Å². The average molecular weight is 349 g/mol. The van der Waals surface area contributed by atoms with Crippen LogP contribution in [0, 0.1) is 0 Å². The fourth-order valence-electron chi connectivity index (χ4n) is 3.20. The molecule has 0 aliphatic carbocycles. The molecule has 1 atom stereocenters. The Morgan fingerprint density at radius 2 is 1.96 bits per heavy atom. The van der Waals surface area contributed by atoms with Crippen molar-refractivity contribution in [1.29, 1.82) is 0 Å². The molecule has 1 amide bonds. The topological polar surface area (TPSA) is 41.6 Å². The van der Waals surface area contributed by atoms with Gasteiger partial charge in [0, 0.05) is 39.0 Å². The molecule has 1 saturated heterocycles. The Kier molecular flexibility index (Phi) is 3.77. The maximum absolute atomic E-state index is 12.1. The fraction of sp³-hybridized carbons (Fsp3) is 0.235. The lowest BCUT2D eigenvalue weighted by molar-refractivity contribution is -0.118. The molecule has 0 radical (unpaired) electrons. The molecule has 2 aliphatic heterocycles. The van der Waals surface area contributed by atoms with Gasteiger partial charge in [0.1, 0.15) is 6.23 Å². The van der Waals surface area contributed by atoms with Gasteiger partial charge in [-0.15, -0.1) is 0 Å². The Morgan fingerprint density at radius 3 is 2.78 bits per heavy atom. The molecule has 1 N–H and O–H groups in total. The van der Waals surface area contributed by atoms with Crippen LogP contribution in [0.5, 0.6) is 0 Å². The van der Waals surface area contributed by atoms with E-state index < -0.39 is 0 Å². The first-order valence-corrected chi connectivity index (χ1v) is 8.13. The molecule has 2 aliphatic rings. The van der Waals surface area contributed by atoms with Crippen LogP contribution in [0.2, 0.25) is 10.0 Å². The number of rotatable bonds is 1. The van der Waals surface area contributed by atoms with Crippen LogP contribution in [0.4, 0.5) is 5.69 Å². The lowest BCUT2D eigenvalue weighted by atomic mass is 9.96. The fourth-order valence-corrected chi connectivity index (χ4v) is 3.70. The molecular formula is C17H14Cl2N2O2. The summed E-state index contributed by atoms with van der Waals surface area (Å²) in [6.45, 7) is 1.61. The maximum atomic E-state index is 12.1. The van der Waals surface area contributed by atoms with E-state index in [-0.39, 0.29) is 12.1 Å². The highest BCUT2D eigenvalue weighted by molar-refractivity contribution is 6.37. The van der Waals surface area contributed by atoms with Crippen LogP contribution in [0.15, 0.2) is 36.4 Å². The summed E-state index contributed by atoms with van der Waals surface area (Å²) in [5, 5.41) is 4.15. The van der Waals surface area contributed by atoms with Gasteiger partial charge in [0.25, 0.3) is 0 Å². The standard InChI is InChI=1S/C17H14Cl2N2O2/c18-11-4-2-1-3-10(11)15-12(19)5-6-13-16(15)17-21(7-8-23-17)9-14(22)20-13/h1-6,17H,7-9H2,(H,20,22). The molecule has 2 heterocycles. The Balaban J connectivity index is 1.99. The van der Waals surface area contributed by atoms with Crippen LogP contribution < -0.4 is 5.32 Å². The highest BCUT2D eigenvalue weighted by atomic mass is 35.5. The number of fused-ring (bicyclic) bond motifs is 3. The molecule has 0 saturated carbocycles. The molecule has 2 aromatic carbocycles. The monoisotopic (exact) mass is 348 g/mol. The van der Waals surface area contributed by atoms with Gasteiger partial charge in [-0.3, -0.25) is 9.69 Å². The predicted molar refractivity (Wildman–Crippen MR) is 90.8 cm³/mol. The molecule has 23 heavy (non-hydrogen) atoms. The smallest absolute Gasteiger partial charge is 0.238 e. The Hall–Kier alpha value is -1.59. The number of halogens is 2. The number of nitrogens with zero attached hydrogens (tertiary/aromatic N) is 1. The van der Waals surface area contributed by atoms with E-state index in [0.29, 0.717) is 29.7 Å². The number of hydrogen-bond acceptors (Lipinski definition) is 3. The van der Waals surface area contributed by atoms with E-state index in [1.54, 1.807) is 6.07 Å². The first kappa shape index (κ1) is 15.0. The third-order valence-corrected chi connectivity index (χ3v) is 4.84. The summed E-state index contributed by atoms with van der Waals surface area (Å²) in [7, 11) is 0. The zero-order valence-electron chi connectivity index (χ0n) is 12.2. The zero-order valence-corrected chi connectivity index (χ0v) is 13.7. The number of amides is 1. The van der Waals surface area contributed by atoms with Gasteiger partial charge in [-0.2, -0.15) is 0 Å². The Labute approximate surface area is 143 Å². The molecule has 6 heteroatoms. The van der Waals surface area contributed by atoms with Crippen LogP contribution in [-0.4, -0.2) is 30.5 Å². The second kappa shape index (κ2) is 5.80. The summed E-state index contributed by atoms with van der Waals surface area (Å²) in [6, 6.07) is 11.1. The molecule has 118 valence electrons. The minimum Gasteiger partial charge on any atom is -0.357 e. The zero-order chi connectivity index (χ0) is 16.0. The van der Waals surface area contributed by atoms with Gasteiger partial charge in [0.15, 0.2) is 0 Å². The van der Waals surface area contributed by atoms with Gasteiger partial charge in [0.2, 0.25) is 5.91 Å². The predicted octanol–water partition coefficient (Wildman–Crippen LogP) is 3.94. The minimum atomic E-state index is -0.297. The summed E-state index contributed by atoms with van der Waals surface area (Å²) in [4.78, 5) is 14.1. The Bertz CT molecular complexity index is 794. The molecule has 0 aromatic heterocycles. The largest absolute Gasteiger partial charge is 0.357 e. The number of ether oxygens (including phenoxy) is 1. The summed E-state index contributed by atoms with van der Waals surface area (Å²) < 4.78 is 5.90. The lowest BCUT2D eigenvalue weighted by Gasteiger charge is -2.23. The maximum Gasteiger partial charge on any atom is 0.238 e. The third-order valence-electron chi connectivity index (χ3n) is 4.19. The van der Waals surface area contributed by atoms with Crippen molar-refractivity contribution in [1.82, 2.24) is 4.90 Å². The van der Waals surface area contributed by atoms with Gasteiger partial charge in [0.05, 0.1) is 13.2 Å². The molecule has 0 spiro atoms. The molecule has 2 aromatic rings. The van der Waals surface area contributed by atoms with Crippen LogP contribution in [0.3, 0.4) is 0 Å². The van der Waals surface area contributed by atoms with Gasteiger partial charge in [-0.25, -0.2) is 0 Å². The Morgan fingerprint density at radius 1 is 1.13 bits per heavy atom. The van der Waals surface area contributed by atoms with E-state index in [4.69, 9.17) is 27.9 Å². The van der Waals surface area contributed by atoms with Gasteiger partial charge >= 0.3 is 0 Å². The molecule has 1 unspecified atom stereocenters. The molecule has 4 rings (SSSR count). The van der Waals surface area contributed by atoms with Crippen molar-refractivity contribution in [3.05, 3.63) is 52.0 Å². The van der Waals surface area contributed by atoms with Crippen LogP contribution in [-0.2, 0) is 9.53 Å². The van der Waals surface area contributed by atoms with Gasteiger partial charge < -0.3 is 10.1 Å². The first-order chi connectivity index (χ1) is 11.1.